The number of esters is 1. The molecule has 2 aromatic rings. The third kappa shape index (κ3) is 3.40. The number of nitriles is 1. The third-order valence-electron chi connectivity index (χ3n) is 3.00. The van der Waals surface area contributed by atoms with Gasteiger partial charge >= 0.3 is 5.97 Å². The predicted octanol–water partition coefficient (Wildman–Crippen LogP) is 3.32. The van der Waals surface area contributed by atoms with Gasteiger partial charge in [-0.3, -0.25) is 0 Å². The largest absolute Gasteiger partial charge is 0.497 e. The number of nitrogens with zero attached hydrogens (tertiary/aromatic N) is 1. The standard InChI is InChI=1S/C17H15NO3/c1-3-21-17(19)15(11-18)9-12-4-5-14-10-16(20-2)7-6-13(14)8-12/h4-10H,3H2,1-2H3/b15-9+. The van der Waals surface area contributed by atoms with Crippen LogP contribution in [0.2, 0.25) is 0 Å². The third-order valence-corrected chi connectivity index (χ3v) is 3.00. The zero-order chi connectivity index (χ0) is 15.2. The lowest BCUT2D eigenvalue weighted by atomic mass is 10.0. The number of carbonyl (C=O) groups is 1. The van der Waals surface area contributed by atoms with Gasteiger partial charge in [0, 0.05) is 0 Å². The van der Waals surface area contributed by atoms with E-state index in [2.05, 4.69) is 0 Å². The first kappa shape index (κ1) is 14.6. The maximum Gasteiger partial charge on any atom is 0.348 e. The molecular formula is C17H15NO3. The van der Waals surface area contributed by atoms with E-state index in [0.29, 0.717) is 0 Å². The fraction of sp³-hybridized carbons (Fsp3) is 0.176. The van der Waals surface area contributed by atoms with Gasteiger partial charge in [-0.25, -0.2) is 4.79 Å². The van der Waals surface area contributed by atoms with Gasteiger partial charge in [-0.1, -0.05) is 18.2 Å². The van der Waals surface area contributed by atoms with Crippen molar-refractivity contribution in [3.8, 4) is 11.8 Å². The normalized spacial score (nSPS) is 11.0. The Kier molecular flexibility index (Phi) is 4.57. The van der Waals surface area contributed by atoms with Gasteiger partial charge in [0.25, 0.3) is 0 Å². The zero-order valence-corrected chi connectivity index (χ0v) is 11.9. The number of carbonyl (C=O) groups excluding carboxylic acids is 1. The Labute approximate surface area is 123 Å². The summed E-state index contributed by atoms with van der Waals surface area (Å²) in [6, 6.07) is 13.3. The molecule has 0 amide bonds. The van der Waals surface area contributed by atoms with Crippen LogP contribution in [-0.2, 0) is 9.53 Å². The molecule has 0 fully saturated rings. The van der Waals surface area contributed by atoms with Crippen molar-refractivity contribution in [2.24, 2.45) is 0 Å². The average Bonchev–Trinajstić information content (AvgIpc) is 2.52. The molecule has 0 heterocycles. The van der Waals surface area contributed by atoms with Gasteiger partial charge in [0.05, 0.1) is 13.7 Å². The molecule has 0 saturated heterocycles. The molecule has 4 heteroatoms. The van der Waals surface area contributed by atoms with Crippen molar-refractivity contribution in [3.05, 3.63) is 47.5 Å². The fourth-order valence-corrected chi connectivity index (χ4v) is 1.97. The van der Waals surface area contributed by atoms with Crippen LogP contribution >= 0.6 is 0 Å². The van der Waals surface area contributed by atoms with Crippen LogP contribution in [0, 0.1) is 11.3 Å². The number of benzene rings is 2. The second-order valence-corrected chi connectivity index (χ2v) is 4.36. The van der Waals surface area contributed by atoms with Crippen molar-refractivity contribution in [3.63, 3.8) is 0 Å². The summed E-state index contributed by atoms with van der Waals surface area (Å²) in [7, 11) is 1.62. The van der Waals surface area contributed by atoms with Crippen LogP contribution in [0.25, 0.3) is 16.8 Å². The highest BCUT2D eigenvalue weighted by Gasteiger charge is 2.09. The second-order valence-electron chi connectivity index (χ2n) is 4.36. The Morgan fingerprint density at radius 1 is 1.24 bits per heavy atom. The van der Waals surface area contributed by atoms with E-state index in [4.69, 9.17) is 14.7 Å². The summed E-state index contributed by atoms with van der Waals surface area (Å²) in [6.45, 7) is 1.95. The lowest BCUT2D eigenvalue weighted by Crippen LogP contribution is -2.05. The molecule has 0 unspecified atom stereocenters. The van der Waals surface area contributed by atoms with Crippen LogP contribution in [0.1, 0.15) is 12.5 Å². The van der Waals surface area contributed by atoms with Crippen molar-refractivity contribution in [2.75, 3.05) is 13.7 Å². The van der Waals surface area contributed by atoms with E-state index in [1.807, 2.05) is 42.5 Å². The fourth-order valence-electron chi connectivity index (χ4n) is 1.97. The topological polar surface area (TPSA) is 59.3 Å². The Morgan fingerprint density at radius 3 is 2.62 bits per heavy atom. The van der Waals surface area contributed by atoms with Crippen molar-refractivity contribution >= 4 is 22.8 Å². The van der Waals surface area contributed by atoms with Crippen LogP contribution < -0.4 is 4.74 Å². The lowest BCUT2D eigenvalue weighted by molar-refractivity contribution is -0.137. The molecule has 0 aliphatic rings. The van der Waals surface area contributed by atoms with Gasteiger partial charge in [0.1, 0.15) is 17.4 Å². The Hall–Kier alpha value is -2.80. The molecule has 21 heavy (non-hydrogen) atoms. The monoisotopic (exact) mass is 281 g/mol. The maximum atomic E-state index is 11.6. The summed E-state index contributed by atoms with van der Waals surface area (Å²) in [5.41, 5.74) is 0.766. The van der Waals surface area contributed by atoms with E-state index >= 15 is 0 Å². The van der Waals surface area contributed by atoms with Gasteiger partial charge in [-0.05, 0) is 47.5 Å². The van der Waals surface area contributed by atoms with Gasteiger partial charge < -0.3 is 9.47 Å². The summed E-state index contributed by atoms with van der Waals surface area (Å²) in [5, 5.41) is 11.1. The molecule has 0 aliphatic heterocycles. The highest BCUT2D eigenvalue weighted by molar-refractivity contribution is 5.98. The van der Waals surface area contributed by atoms with E-state index in [9.17, 15) is 4.79 Å². The van der Waals surface area contributed by atoms with Gasteiger partial charge in [0.2, 0.25) is 0 Å². The lowest BCUT2D eigenvalue weighted by Gasteiger charge is -2.04. The minimum atomic E-state index is -0.602. The van der Waals surface area contributed by atoms with E-state index in [0.717, 1.165) is 22.1 Å². The van der Waals surface area contributed by atoms with E-state index < -0.39 is 5.97 Å². The highest BCUT2D eigenvalue weighted by Crippen LogP contribution is 2.22. The van der Waals surface area contributed by atoms with E-state index in [1.165, 1.54) is 6.08 Å². The molecule has 106 valence electrons. The van der Waals surface area contributed by atoms with Crippen molar-refractivity contribution < 1.29 is 14.3 Å². The first-order valence-electron chi connectivity index (χ1n) is 6.54. The highest BCUT2D eigenvalue weighted by atomic mass is 16.5. The summed E-state index contributed by atoms with van der Waals surface area (Å²) in [5.74, 6) is 0.185. The smallest absolute Gasteiger partial charge is 0.348 e. The summed E-state index contributed by atoms with van der Waals surface area (Å²) < 4.78 is 10.0. The molecule has 0 saturated carbocycles. The summed E-state index contributed by atoms with van der Waals surface area (Å²) in [4.78, 5) is 11.6. The van der Waals surface area contributed by atoms with Crippen molar-refractivity contribution in [2.45, 2.75) is 6.92 Å². The molecule has 0 aromatic heterocycles. The molecule has 0 spiro atoms. The van der Waals surface area contributed by atoms with Crippen LogP contribution in [0.3, 0.4) is 0 Å². The van der Waals surface area contributed by atoms with Crippen LogP contribution in [0.4, 0.5) is 0 Å². The Bertz CT molecular complexity index is 741. The van der Waals surface area contributed by atoms with Crippen molar-refractivity contribution in [1.29, 1.82) is 5.26 Å². The first-order valence-corrected chi connectivity index (χ1v) is 6.54. The van der Waals surface area contributed by atoms with Gasteiger partial charge in [-0.15, -0.1) is 0 Å². The number of rotatable bonds is 4. The molecule has 2 rings (SSSR count). The number of hydrogen-bond acceptors (Lipinski definition) is 4. The van der Waals surface area contributed by atoms with Crippen LogP contribution in [0.5, 0.6) is 5.75 Å². The predicted molar refractivity (Wildman–Crippen MR) is 80.7 cm³/mol. The molecular weight excluding hydrogens is 266 g/mol. The average molecular weight is 281 g/mol. The first-order chi connectivity index (χ1) is 10.2. The van der Waals surface area contributed by atoms with Crippen LogP contribution in [-0.4, -0.2) is 19.7 Å². The zero-order valence-electron chi connectivity index (χ0n) is 11.9. The Morgan fingerprint density at radius 2 is 1.95 bits per heavy atom. The summed E-state index contributed by atoms with van der Waals surface area (Å²) in [6.07, 6.45) is 1.53. The van der Waals surface area contributed by atoms with E-state index in [1.54, 1.807) is 14.0 Å². The SMILES string of the molecule is CCOC(=O)/C(C#N)=C/c1ccc2cc(OC)ccc2c1. The number of ether oxygens (including phenoxy) is 2. The summed E-state index contributed by atoms with van der Waals surface area (Å²) >= 11 is 0. The molecule has 0 aliphatic carbocycles. The number of methoxy groups -OCH3 is 1. The van der Waals surface area contributed by atoms with E-state index in [-0.39, 0.29) is 12.2 Å². The molecule has 0 radical (unpaired) electrons. The minimum absolute atomic E-state index is 0.00953. The number of hydrogen-bond donors (Lipinski definition) is 0. The molecule has 2 aromatic carbocycles. The minimum Gasteiger partial charge on any atom is -0.497 e. The molecule has 0 N–H and O–H groups in total. The Balaban J connectivity index is 2.38. The van der Waals surface area contributed by atoms with Crippen LogP contribution in [0.15, 0.2) is 42.0 Å². The number of fused-ring (bicyclic) bond motifs is 1. The van der Waals surface area contributed by atoms with Gasteiger partial charge in [0.15, 0.2) is 0 Å². The molecule has 4 nitrogen and oxygen atoms in total. The van der Waals surface area contributed by atoms with Crippen molar-refractivity contribution in [1.82, 2.24) is 0 Å². The van der Waals surface area contributed by atoms with Gasteiger partial charge in [-0.2, -0.15) is 5.26 Å². The second kappa shape index (κ2) is 6.58. The molecule has 0 atom stereocenters. The maximum absolute atomic E-state index is 11.6. The molecule has 0 bridgehead atoms. The quantitative estimate of drug-likeness (QED) is 0.490.